The maximum atomic E-state index is 13.7. The molecule has 0 aliphatic rings. The van der Waals surface area contributed by atoms with Gasteiger partial charge < -0.3 is 16.0 Å². The van der Waals surface area contributed by atoms with Crippen LogP contribution in [0.2, 0.25) is 10.0 Å². The highest BCUT2D eigenvalue weighted by Crippen LogP contribution is 2.37. The molecule has 0 radical (unpaired) electrons. The van der Waals surface area contributed by atoms with Crippen LogP contribution < -0.4 is 16.0 Å². The van der Waals surface area contributed by atoms with Crippen molar-refractivity contribution in [1.82, 2.24) is 5.32 Å². The lowest BCUT2D eigenvalue weighted by Crippen LogP contribution is -2.30. The Kier molecular flexibility index (Phi) is 10.8. The van der Waals surface area contributed by atoms with E-state index in [1.807, 2.05) is 91.0 Å². The highest BCUT2D eigenvalue weighted by Gasteiger charge is 2.23. The summed E-state index contributed by atoms with van der Waals surface area (Å²) in [6.07, 6.45) is 1.68. The highest BCUT2D eigenvalue weighted by molar-refractivity contribution is 8.00. The molecule has 9 heteroatoms. The smallest absolute Gasteiger partial charge is 0.272 e. The summed E-state index contributed by atoms with van der Waals surface area (Å²) in [4.78, 5) is 41.2. The van der Waals surface area contributed by atoms with E-state index in [9.17, 15) is 14.4 Å². The lowest BCUT2D eigenvalue weighted by molar-refractivity contribution is -0.116. The minimum absolute atomic E-state index is 0.0872. The van der Waals surface area contributed by atoms with Crippen molar-refractivity contribution in [2.75, 3.05) is 10.6 Å². The molecule has 0 bridgehead atoms. The summed E-state index contributed by atoms with van der Waals surface area (Å²) in [6.45, 7) is 0. The number of benzene rings is 6. The molecule has 3 N–H and O–H groups in total. The van der Waals surface area contributed by atoms with E-state index in [4.69, 9.17) is 23.2 Å². The van der Waals surface area contributed by atoms with Crippen LogP contribution in [0.25, 0.3) is 16.8 Å². The number of nitrogens with one attached hydrogen (secondary N) is 3. The standard InChI is InChI=1S/C40H29Cl2N3O3S/c41-30-18-23-34(42)35(25-30)44-40(48)37(27-11-3-1-4-12-27)49-32-21-19-31(20-22-32)43-39(47)36(45-38(46)28-13-5-2-6-14-28)24-29-16-9-15-26-10-7-8-17-33(26)29/h1-25,37H,(H,43,47)(H,44,48)(H,45,46)/b36-24-. The number of amides is 3. The molecule has 0 aliphatic carbocycles. The van der Waals surface area contributed by atoms with Gasteiger partial charge in [0, 0.05) is 21.2 Å². The van der Waals surface area contributed by atoms with Gasteiger partial charge in [-0.15, -0.1) is 11.8 Å². The molecule has 1 atom stereocenters. The number of hydrogen-bond donors (Lipinski definition) is 3. The van der Waals surface area contributed by atoms with Gasteiger partial charge in [0.05, 0.1) is 10.7 Å². The van der Waals surface area contributed by atoms with Crippen LogP contribution in [0.1, 0.15) is 26.7 Å². The fraction of sp³-hybridized carbons (Fsp3) is 0.0250. The highest BCUT2D eigenvalue weighted by atomic mass is 35.5. The molecule has 6 aromatic carbocycles. The molecule has 1 unspecified atom stereocenters. The van der Waals surface area contributed by atoms with Gasteiger partial charge in [-0.2, -0.15) is 0 Å². The van der Waals surface area contributed by atoms with Gasteiger partial charge in [-0.3, -0.25) is 14.4 Å². The Morgan fingerprint density at radius 1 is 0.673 bits per heavy atom. The van der Waals surface area contributed by atoms with E-state index in [1.165, 1.54) is 11.8 Å². The van der Waals surface area contributed by atoms with Crippen LogP contribution in [-0.4, -0.2) is 17.7 Å². The summed E-state index contributed by atoms with van der Waals surface area (Å²) in [6, 6.07) is 43.8. The zero-order valence-corrected chi connectivity index (χ0v) is 28.2. The number of anilines is 2. The maximum Gasteiger partial charge on any atom is 0.272 e. The number of carbonyl (C=O) groups excluding carboxylic acids is 3. The van der Waals surface area contributed by atoms with Crippen LogP contribution in [0.4, 0.5) is 11.4 Å². The van der Waals surface area contributed by atoms with Crippen LogP contribution in [0.5, 0.6) is 0 Å². The molecule has 0 spiro atoms. The number of halogens is 2. The van der Waals surface area contributed by atoms with Gasteiger partial charge in [0.15, 0.2) is 0 Å². The van der Waals surface area contributed by atoms with E-state index >= 15 is 0 Å². The van der Waals surface area contributed by atoms with Gasteiger partial charge in [-0.25, -0.2) is 0 Å². The third-order valence-corrected chi connectivity index (χ3v) is 9.38. The second-order valence-electron chi connectivity index (χ2n) is 10.9. The van der Waals surface area contributed by atoms with E-state index in [-0.39, 0.29) is 11.6 Å². The molecule has 6 nitrogen and oxygen atoms in total. The lowest BCUT2D eigenvalue weighted by Gasteiger charge is -2.18. The van der Waals surface area contributed by atoms with Gasteiger partial charge in [-0.05, 0) is 82.6 Å². The van der Waals surface area contributed by atoms with E-state index < -0.39 is 17.1 Å². The molecule has 6 rings (SSSR count). The molecule has 242 valence electrons. The van der Waals surface area contributed by atoms with Crippen molar-refractivity contribution in [2.45, 2.75) is 10.1 Å². The topological polar surface area (TPSA) is 87.3 Å². The Morgan fingerprint density at radius 3 is 2.10 bits per heavy atom. The third kappa shape index (κ3) is 8.58. The Balaban J connectivity index is 1.23. The van der Waals surface area contributed by atoms with Gasteiger partial charge in [-0.1, -0.05) is 114 Å². The monoisotopic (exact) mass is 701 g/mol. The van der Waals surface area contributed by atoms with Crippen molar-refractivity contribution in [3.63, 3.8) is 0 Å². The minimum Gasteiger partial charge on any atom is -0.323 e. The van der Waals surface area contributed by atoms with Crippen LogP contribution in [0.3, 0.4) is 0 Å². The second kappa shape index (κ2) is 15.7. The quantitative estimate of drug-likeness (QED) is 0.0980. The molecule has 0 heterocycles. The fourth-order valence-corrected chi connectivity index (χ4v) is 6.48. The number of rotatable bonds is 10. The predicted molar refractivity (Wildman–Crippen MR) is 201 cm³/mol. The molecule has 0 fully saturated rings. The van der Waals surface area contributed by atoms with Crippen molar-refractivity contribution in [3.05, 3.63) is 178 Å². The van der Waals surface area contributed by atoms with E-state index in [0.29, 0.717) is 27.0 Å². The zero-order chi connectivity index (χ0) is 34.2. The predicted octanol–water partition coefficient (Wildman–Crippen LogP) is 10.0. The molecule has 49 heavy (non-hydrogen) atoms. The van der Waals surface area contributed by atoms with Crippen LogP contribution in [-0.2, 0) is 9.59 Å². The van der Waals surface area contributed by atoms with E-state index in [1.54, 1.807) is 60.7 Å². The molecule has 0 aromatic heterocycles. The Hall–Kier alpha value is -5.34. The molecule has 3 amide bonds. The average molecular weight is 703 g/mol. The summed E-state index contributed by atoms with van der Waals surface area (Å²) < 4.78 is 0. The van der Waals surface area contributed by atoms with Crippen molar-refractivity contribution >= 4 is 80.9 Å². The Bertz CT molecular complexity index is 2150. The second-order valence-corrected chi connectivity index (χ2v) is 13.0. The fourth-order valence-electron chi connectivity index (χ4n) is 5.12. The molecule has 6 aromatic rings. The van der Waals surface area contributed by atoms with Crippen molar-refractivity contribution in [2.24, 2.45) is 0 Å². The van der Waals surface area contributed by atoms with Gasteiger partial charge >= 0.3 is 0 Å². The van der Waals surface area contributed by atoms with Crippen LogP contribution in [0, 0.1) is 0 Å². The number of carbonyl (C=O) groups is 3. The number of hydrogen-bond acceptors (Lipinski definition) is 4. The van der Waals surface area contributed by atoms with Crippen molar-refractivity contribution < 1.29 is 14.4 Å². The summed E-state index contributed by atoms with van der Waals surface area (Å²) in [5.74, 6) is -1.16. The van der Waals surface area contributed by atoms with Crippen LogP contribution in [0.15, 0.2) is 156 Å². The van der Waals surface area contributed by atoms with Gasteiger partial charge in [0.2, 0.25) is 5.91 Å². The maximum absolute atomic E-state index is 13.7. The summed E-state index contributed by atoms with van der Waals surface area (Å²) >= 11 is 13.8. The normalized spacial score (nSPS) is 11.8. The average Bonchev–Trinajstić information content (AvgIpc) is 3.13. The SMILES string of the molecule is O=C(Nc1ccc(SC(C(=O)Nc2cc(Cl)ccc2Cl)c2ccccc2)cc1)/C(=C/c1cccc2ccccc12)NC(=O)c1ccccc1. The first-order valence-electron chi connectivity index (χ1n) is 15.3. The van der Waals surface area contributed by atoms with Crippen LogP contribution >= 0.6 is 35.0 Å². The first-order chi connectivity index (χ1) is 23.8. The van der Waals surface area contributed by atoms with Crippen molar-refractivity contribution in [1.29, 1.82) is 0 Å². The summed E-state index contributed by atoms with van der Waals surface area (Å²) in [5, 5.41) is 10.8. The molecule has 0 aliphatic heterocycles. The Labute approximate surface area is 298 Å². The van der Waals surface area contributed by atoms with E-state index in [2.05, 4.69) is 16.0 Å². The number of fused-ring (bicyclic) bond motifs is 1. The summed E-state index contributed by atoms with van der Waals surface area (Å²) in [5.41, 5.74) is 3.04. The van der Waals surface area contributed by atoms with E-state index in [0.717, 1.165) is 26.8 Å². The molecule has 0 saturated heterocycles. The van der Waals surface area contributed by atoms with Gasteiger partial charge in [0.1, 0.15) is 10.9 Å². The number of thioether (sulfide) groups is 1. The largest absolute Gasteiger partial charge is 0.323 e. The minimum atomic E-state index is -0.611. The molecular formula is C40H29Cl2N3O3S. The first-order valence-corrected chi connectivity index (χ1v) is 16.9. The summed E-state index contributed by atoms with van der Waals surface area (Å²) in [7, 11) is 0. The lowest BCUT2D eigenvalue weighted by atomic mass is 10.0. The van der Waals surface area contributed by atoms with Gasteiger partial charge in [0.25, 0.3) is 11.8 Å². The molecular weight excluding hydrogens is 673 g/mol. The molecule has 0 saturated carbocycles. The third-order valence-electron chi connectivity index (χ3n) is 7.54. The zero-order valence-electron chi connectivity index (χ0n) is 25.9. The first kappa shape index (κ1) is 33.6. The van der Waals surface area contributed by atoms with Crippen molar-refractivity contribution in [3.8, 4) is 0 Å². The Morgan fingerprint density at radius 2 is 1.35 bits per heavy atom.